The van der Waals surface area contributed by atoms with Gasteiger partial charge >= 0.3 is 5.97 Å². The van der Waals surface area contributed by atoms with E-state index in [0.717, 1.165) is 10.4 Å². The molecule has 0 aliphatic rings. The van der Waals surface area contributed by atoms with Crippen LogP contribution >= 0.6 is 22.9 Å². The maximum Gasteiger partial charge on any atom is 0.318 e. The van der Waals surface area contributed by atoms with Crippen LogP contribution in [-0.4, -0.2) is 41.3 Å². The number of nitro groups is 1. The van der Waals surface area contributed by atoms with Gasteiger partial charge in [-0.25, -0.2) is 8.42 Å². The number of carboxylic acids is 1. The molecule has 20 heavy (non-hydrogen) atoms. The minimum Gasteiger partial charge on any atom is -0.480 e. The van der Waals surface area contributed by atoms with E-state index in [1.165, 1.54) is 13.8 Å². The van der Waals surface area contributed by atoms with E-state index in [1.54, 1.807) is 0 Å². The van der Waals surface area contributed by atoms with Crippen molar-refractivity contribution in [1.82, 2.24) is 4.31 Å². The van der Waals surface area contributed by atoms with Crippen LogP contribution in [0.1, 0.15) is 13.8 Å². The quantitative estimate of drug-likeness (QED) is 0.622. The second-order valence-electron chi connectivity index (χ2n) is 4.02. The number of sulfonamides is 1. The summed E-state index contributed by atoms with van der Waals surface area (Å²) in [5.74, 6) is -1.32. The van der Waals surface area contributed by atoms with E-state index in [9.17, 15) is 23.3 Å². The molecule has 0 aromatic carbocycles. The molecule has 0 saturated carbocycles. The van der Waals surface area contributed by atoms with E-state index in [2.05, 4.69) is 0 Å². The highest BCUT2D eigenvalue weighted by Gasteiger charge is 2.33. The van der Waals surface area contributed by atoms with E-state index in [4.69, 9.17) is 16.7 Å². The lowest BCUT2D eigenvalue weighted by Gasteiger charge is -2.22. The van der Waals surface area contributed by atoms with Crippen LogP contribution in [0, 0.1) is 10.1 Å². The number of hydrogen-bond acceptors (Lipinski definition) is 6. The van der Waals surface area contributed by atoms with Crippen LogP contribution in [0.5, 0.6) is 0 Å². The molecule has 1 N–H and O–H groups in total. The number of aliphatic carboxylic acids is 1. The lowest BCUT2D eigenvalue weighted by atomic mass is 10.4. The number of carboxylic acid groups (broad SMARTS) is 1. The predicted molar refractivity (Wildman–Crippen MR) is 72.6 cm³/mol. The van der Waals surface area contributed by atoms with Crippen LogP contribution in [0.15, 0.2) is 10.3 Å². The van der Waals surface area contributed by atoms with Crippen molar-refractivity contribution in [3.63, 3.8) is 0 Å². The van der Waals surface area contributed by atoms with E-state index in [0.29, 0.717) is 11.3 Å². The minimum atomic E-state index is -4.15. The summed E-state index contributed by atoms with van der Waals surface area (Å²) in [7, 11) is -4.15. The maximum absolute atomic E-state index is 12.3. The van der Waals surface area contributed by atoms with Gasteiger partial charge in [-0.15, -0.1) is 11.3 Å². The molecular weight excluding hydrogens is 332 g/mol. The monoisotopic (exact) mass is 342 g/mol. The number of hydrogen-bond donors (Lipinski definition) is 1. The Balaban J connectivity index is 3.30. The molecule has 0 unspecified atom stereocenters. The van der Waals surface area contributed by atoms with Gasteiger partial charge in [-0.05, 0) is 13.8 Å². The SMILES string of the molecule is CC(C)N(CC(=O)O)S(=O)(=O)c1cc([N+](=O)[O-])c(Cl)s1. The van der Waals surface area contributed by atoms with Crippen molar-refractivity contribution in [3.8, 4) is 0 Å². The average Bonchev–Trinajstić information content (AvgIpc) is 2.68. The average molecular weight is 343 g/mol. The molecule has 0 amide bonds. The van der Waals surface area contributed by atoms with Crippen molar-refractivity contribution < 1.29 is 23.2 Å². The number of carbonyl (C=O) groups is 1. The second kappa shape index (κ2) is 6.04. The van der Waals surface area contributed by atoms with Crippen LogP contribution in [0.3, 0.4) is 0 Å². The molecule has 112 valence electrons. The van der Waals surface area contributed by atoms with Gasteiger partial charge in [-0.3, -0.25) is 14.9 Å². The molecule has 0 aliphatic carbocycles. The topological polar surface area (TPSA) is 118 Å². The van der Waals surface area contributed by atoms with Gasteiger partial charge in [0.1, 0.15) is 10.8 Å². The van der Waals surface area contributed by atoms with Gasteiger partial charge in [0.25, 0.3) is 15.7 Å². The van der Waals surface area contributed by atoms with Crippen LogP contribution in [0.4, 0.5) is 5.69 Å². The molecule has 11 heteroatoms. The molecule has 0 spiro atoms. The summed E-state index contributed by atoms with van der Waals surface area (Å²) in [5.41, 5.74) is -0.519. The predicted octanol–water partition coefficient (Wildman–Crippen LogP) is 1.79. The molecule has 0 radical (unpaired) electrons. The standard InChI is InChI=1S/C9H11ClN2O6S2/c1-5(2)11(4-7(13)14)20(17,18)8-3-6(12(15)16)9(10)19-8/h3,5H,4H2,1-2H3,(H,13,14). The Labute approximate surface area is 123 Å². The van der Waals surface area contributed by atoms with Gasteiger partial charge in [-0.2, -0.15) is 4.31 Å². The van der Waals surface area contributed by atoms with Crippen molar-refractivity contribution in [2.24, 2.45) is 0 Å². The maximum atomic E-state index is 12.3. The lowest BCUT2D eigenvalue weighted by Crippen LogP contribution is -2.40. The Hall–Kier alpha value is -1.23. The van der Waals surface area contributed by atoms with Gasteiger partial charge < -0.3 is 5.11 Å². The zero-order valence-electron chi connectivity index (χ0n) is 10.4. The number of halogens is 1. The molecule has 1 heterocycles. The Morgan fingerprint density at radius 3 is 2.50 bits per heavy atom. The largest absolute Gasteiger partial charge is 0.480 e. The molecule has 1 rings (SSSR count). The lowest BCUT2D eigenvalue weighted by molar-refractivity contribution is -0.384. The summed E-state index contributed by atoms with van der Waals surface area (Å²) < 4.78 is 24.7. The second-order valence-corrected chi connectivity index (χ2v) is 7.79. The van der Waals surface area contributed by atoms with Crippen molar-refractivity contribution in [3.05, 3.63) is 20.5 Å². The summed E-state index contributed by atoms with van der Waals surface area (Å²) in [6.45, 7) is 2.28. The molecule has 8 nitrogen and oxygen atoms in total. The Morgan fingerprint density at radius 1 is 1.60 bits per heavy atom. The summed E-state index contributed by atoms with van der Waals surface area (Å²) in [4.78, 5) is 20.6. The Bertz CT molecular complexity index is 639. The fourth-order valence-corrected chi connectivity index (χ4v) is 4.77. The fourth-order valence-electron chi connectivity index (χ4n) is 1.38. The summed E-state index contributed by atoms with van der Waals surface area (Å²) in [6.07, 6.45) is 0. The van der Waals surface area contributed by atoms with Crippen LogP contribution < -0.4 is 0 Å². The van der Waals surface area contributed by atoms with Gasteiger partial charge in [0.05, 0.1) is 4.92 Å². The third-order valence-electron chi connectivity index (χ3n) is 2.27. The van der Waals surface area contributed by atoms with Crippen molar-refractivity contribution in [2.45, 2.75) is 24.1 Å². The molecule has 0 saturated heterocycles. The van der Waals surface area contributed by atoms with Gasteiger partial charge in [0, 0.05) is 12.1 Å². The van der Waals surface area contributed by atoms with E-state index < -0.39 is 39.2 Å². The molecule has 0 atom stereocenters. The van der Waals surface area contributed by atoms with Crippen LogP contribution in [-0.2, 0) is 14.8 Å². The zero-order chi connectivity index (χ0) is 15.7. The van der Waals surface area contributed by atoms with Crippen molar-refractivity contribution in [2.75, 3.05) is 6.54 Å². The number of rotatable bonds is 6. The molecular formula is C9H11ClN2O6S2. The van der Waals surface area contributed by atoms with Gasteiger partial charge in [-0.1, -0.05) is 11.6 Å². The highest BCUT2D eigenvalue weighted by atomic mass is 35.5. The summed E-state index contributed by atoms with van der Waals surface area (Å²) in [5, 5.41) is 19.4. The third kappa shape index (κ3) is 3.45. The minimum absolute atomic E-state index is 0.271. The number of thiophene rings is 1. The zero-order valence-corrected chi connectivity index (χ0v) is 12.8. The first-order valence-corrected chi connectivity index (χ1v) is 7.88. The third-order valence-corrected chi connectivity index (χ3v) is 6.08. The Kier molecular flexibility index (Phi) is 5.08. The molecule has 1 aromatic rings. The smallest absolute Gasteiger partial charge is 0.318 e. The van der Waals surface area contributed by atoms with Gasteiger partial charge in [0.2, 0.25) is 0 Å². The van der Waals surface area contributed by atoms with Crippen molar-refractivity contribution >= 4 is 44.6 Å². The first kappa shape index (κ1) is 16.8. The Morgan fingerprint density at radius 2 is 2.15 bits per heavy atom. The van der Waals surface area contributed by atoms with Crippen molar-refractivity contribution in [1.29, 1.82) is 0 Å². The van der Waals surface area contributed by atoms with E-state index >= 15 is 0 Å². The molecule has 0 bridgehead atoms. The highest BCUT2D eigenvalue weighted by Crippen LogP contribution is 2.37. The van der Waals surface area contributed by atoms with E-state index in [1.807, 2.05) is 0 Å². The summed E-state index contributed by atoms with van der Waals surface area (Å²) in [6, 6.07) is 0.218. The molecule has 0 fully saturated rings. The fraction of sp³-hybridized carbons (Fsp3) is 0.444. The van der Waals surface area contributed by atoms with Gasteiger partial charge in [0.15, 0.2) is 4.34 Å². The number of nitrogens with zero attached hydrogens (tertiary/aromatic N) is 2. The summed E-state index contributed by atoms with van der Waals surface area (Å²) >= 11 is 6.14. The first-order valence-electron chi connectivity index (χ1n) is 5.24. The van der Waals surface area contributed by atoms with Crippen LogP contribution in [0.25, 0.3) is 0 Å². The molecule has 0 aliphatic heterocycles. The van der Waals surface area contributed by atoms with Crippen LogP contribution in [0.2, 0.25) is 4.34 Å². The highest BCUT2D eigenvalue weighted by molar-refractivity contribution is 7.91. The molecule has 1 aromatic heterocycles. The normalized spacial score (nSPS) is 12.1. The van der Waals surface area contributed by atoms with E-state index in [-0.39, 0.29) is 8.55 Å². The first-order chi connectivity index (χ1) is 9.07.